The van der Waals surface area contributed by atoms with E-state index in [1.165, 1.54) is 6.42 Å². The van der Waals surface area contributed by atoms with E-state index in [-0.39, 0.29) is 18.0 Å². The van der Waals surface area contributed by atoms with Gasteiger partial charge in [-0.25, -0.2) is 4.98 Å². The monoisotopic (exact) mass is 342 g/mol. The Hall–Kier alpha value is -1.14. The Balaban J connectivity index is 0.00000176. The summed E-state index contributed by atoms with van der Waals surface area (Å²) in [4.78, 5) is 21.8. The number of piperidine rings is 1. The van der Waals surface area contributed by atoms with Crippen molar-refractivity contribution in [2.45, 2.75) is 19.4 Å². The second kappa shape index (κ2) is 7.42. The number of nitrogens with zero attached hydrogens (tertiary/aromatic N) is 2. The van der Waals surface area contributed by atoms with Crippen LogP contribution in [-0.2, 0) is 6.54 Å². The number of benzene rings is 1. The largest absolute Gasteiger partial charge is 0.330 e. The molecule has 120 valence electrons. The lowest BCUT2D eigenvalue weighted by atomic mass is 9.98. The van der Waals surface area contributed by atoms with Crippen molar-refractivity contribution < 1.29 is 0 Å². The summed E-state index contributed by atoms with van der Waals surface area (Å²) >= 11 is 5.92. The lowest BCUT2D eigenvalue weighted by Crippen LogP contribution is -2.38. The minimum absolute atomic E-state index is 0. The Bertz CT molecular complexity index is 703. The van der Waals surface area contributed by atoms with Crippen LogP contribution in [0.25, 0.3) is 10.9 Å². The summed E-state index contributed by atoms with van der Waals surface area (Å²) in [5, 5.41) is 1.08. The van der Waals surface area contributed by atoms with E-state index >= 15 is 0 Å². The number of aromatic nitrogens is 2. The van der Waals surface area contributed by atoms with Crippen LogP contribution in [0.4, 0.5) is 0 Å². The summed E-state index contributed by atoms with van der Waals surface area (Å²) in [6, 6.07) is 5.19. The summed E-state index contributed by atoms with van der Waals surface area (Å²) in [6.07, 6.45) is 2.34. The molecule has 0 saturated carbocycles. The third-order valence-corrected chi connectivity index (χ3v) is 4.26. The van der Waals surface area contributed by atoms with Gasteiger partial charge in [0.05, 0.1) is 17.4 Å². The number of nitrogens with one attached hydrogen (secondary N) is 1. The summed E-state index contributed by atoms with van der Waals surface area (Å²) < 4.78 is 0. The molecule has 1 aliphatic rings. The maximum Gasteiger partial charge on any atom is 0.258 e. The molecule has 2 aromatic rings. The maximum atomic E-state index is 12.1. The van der Waals surface area contributed by atoms with Gasteiger partial charge < -0.3 is 10.7 Å². The highest BCUT2D eigenvalue weighted by atomic mass is 35.5. The van der Waals surface area contributed by atoms with Crippen LogP contribution < -0.4 is 11.3 Å². The summed E-state index contributed by atoms with van der Waals surface area (Å²) in [7, 11) is 0. The van der Waals surface area contributed by atoms with Gasteiger partial charge in [-0.15, -0.1) is 12.4 Å². The van der Waals surface area contributed by atoms with Gasteiger partial charge in [0.2, 0.25) is 0 Å². The lowest BCUT2D eigenvalue weighted by molar-refractivity contribution is 0.167. The first-order chi connectivity index (χ1) is 10.2. The fraction of sp³-hybridized carbons (Fsp3) is 0.467. The molecule has 1 unspecified atom stereocenters. The van der Waals surface area contributed by atoms with E-state index in [4.69, 9.17) is 17.3 Å². The van der Waals surface area contributed by atoms with E-state index in [1.807, 2.05) is 0 Å². The Labute approximate surface area is 140 Å². The van der Waals surface area contributed by atoms with Crippen molar-refractivity contribution in [1.82, 2.24) is 14.9 Å². The molecule has 0 radical (unpaired) electrons. The molecule has 0 spiro atoms. The Kier molecular flexibility index (Phi) is 5.81. The van der Waals surface area contributed by atoms with E-state index in [0.717, 1.165) is 26.1 Å². The molecular weight excluding hydrogens is 323 g/mol. The maximum absolute atomic E-state index is 12.1. The minimum atomic E-state index is -0.134. The van der Waals surface area contributed by atoms with Crippen LogP contribution >= 0.6 is 24.0 Å². The Morgan fingerprint density at radius 1 is 1.45 bits per heavy atom. The van der Waals surface area contributed by atoms with Gasteiger partial charge in [-0.2, -0.15) is 0 Å². The average Bonchev–Trinajstić information content (AvgIpc) is 2.48. The predicted molar refractivity (Wildman–Crippen MR) is 91.7 cm³/mol. The fourth-order valence-electron chi connectivity index (χ4n) is 2.93. The van der Waals surface area contributed by atoms with Gasteiger partial charge in [0.15, 0.2) is 0 Å². The van der Waals surface area contributed by atoms with E-state index < -0.39 is 0 Å². The van der Waals surface area contributed by atoms with Crippen LogP contribution in [0.3, 0.4) is 0 Å². The Morgan fingerprint density at radius 3 is 3.05 bits per heavy atom. The SMILES string of the molecule is Cl.NCC1CCCN(Cc2nc3ccc(Cl)cc3c(=O)[nH]2)C1. The zero-order valence-electron chi connectivity index (χ0n) is 12.2. The molecule has 1 aliphatic heterocycles. The number of halogens is 2. The van der Waals surface area contributed by atoms with Gasteiger partial charge >= 0.3 is 0 Å². The standard InChI is InChI=1S/C15H19ClN4O.ClH/c16-11-3-4-13-12(6-11)15(21)19-14(18-13)9-20-5-1-2-10(7-17)8-20;/h3-4,6,10H,1-2,5,7-9,17H2,(H,18,19,21);1H. The van der Waals surface area contributed by atoms with Crippen LogP contribution in [0, 0.1) is 5.92 Å². The van der Waals surface area contributed by atoms with Gasteiger partial charge in [0, 0.05) is 11.6 Å². The van der Waals surface area contributed by atoms with Crippen molar-refractivity contribution >= 4 is 34.9 Å². The number of rotatable bonds is 3. The lowest BCUT2D eigenvalue weighted by Gasteiger charge is -2.31. The quantitative estimate of drug-likeness (QED) is 0.896. The molecule has 0 bridgehead atoms. The number of nitrogens with two attached hydrogens (primary N) is 1. The second-order valence-corrected chi connectivity index (χ2v) is 6.09. The van der Waals surface area contributed by atoms with Gasteiger partial charge in [0.1, 0.15) is 5.82 Å². The summed E-state index contributed by atoms with van der Waals surface area (Å²) in [5.41, 5.74) is 6.31. The van der Waals surface area contributed by atoms with Crippen molar-refractivity contribution in [2.24, 2.45) is 11.7 Å². The third-order valence-electron chi connectivity index (χ3n) is 4.03. The Morgan fingerprint density at radius 2 is 2.27 bits per heavy atom. The molecule has 3 N–H and O–H groups in total. The zero-order valence-corrected chi connectivity index (χ0v) is 13.8. The molecule has 1 saturated heterocycles. The van der Waals surface area contributed by atoms with Crippen molar-refractivity contribution in [3.8, 4) is 0 Å². The first-order valence-electron chi connectivity index (χ1n) is 7.26. The van der Waals surface area contributed by atoms with Gasteiger partial charge in [0.25, 0.3) is 5.56 Å². The van der Waals surface area contributed by atoms with Crippen LogP contribution in [0.15, 0.2) is 23.0 Å². The first-order valence-corrected chi connectivity index (χ1v) is 7.64. The third kappa shape index (κ3) is 3.79. The van der Waals surface area contributed by atoms with E-state index in [2.05, 4.69) is 14.9 Å². The second-order valence-electron chi connectivity index (χ2n) is 5.65. The van der Waals surface area contributed by atoms with Crippen molar-refractivity contribution in [3.05, 3.63) is 39.4 Å². The fourth-order valence-corrected chi connectivity index (χ4v) is 3.11. The highest BCUT2D eigenvalue weighted by Crippen LogP contribution is 2.18. The topological polar surface area (TPSA) is 75.0 Å². The van der Waals surface area contributed by atoms with Crippen LogP contribution in [0.1, 0.15) is 18.7 Å². The smallest absolute Gasteiger partial charge is 0.258 e. The molecule has 2 heterocycles. The molecule has 1 aromatic carbocycles. The minimum Gasteiger partial charge on any atom is -0.330 e. The van der Waals surface area contributed by atoms with E-state index in [9.17, 15) is 4.79 Å². The molecular formula is C15H20Cl2N4O. The van der Waals surface area contributed by atoms with Gasteiger partial charge in [-0.1, -0.05) is 11.6 Å². The molecule has 7 heteroatoms. The predicted octanol–water partition coefficient (Wildman–Crippen LogP) is 2.17. The highest BCUT2D eigenvalue weighted by Gasteiger charge is 2.19. The molecule has 1 aromatic heterocycles. The van der Waals surface area contributed by atoms with Gasteiger partial charge in [-0.3, -0.25) is 9.69 Å². The van der Waals surface area contributed by atoms with Crippen LogP contribution in [0.2, 0.25) is 5.02 Å². The highest BCUT2D eigenvalue weighted by molar-refractivity contribution is 6.31. The summed E-state index contributed by atoms with van der Waals surface area (Å²) in [5.74, 6) is 1.25. The number of likely N-dealkylation sites (tertiary alicyclic amines) is 1. The number of hydrogen-bond acceptors (Lipinski definition) is 4. The number of fused-ring (bicyclic) bond motifs is 1. The molecule has 0 aliphatic carbocycles. The first kappa shape index (κ1) is 17.2. The average molecular weight is 343 g/mol. The summed E-state index contributed by atoms with van der Waals surface area (Å²) in [6.45, 7) is 3.37. The normalized spacial score (nSPS) is 19.1. The molecule has 0 amide bonds. The van der Waals surface area contributed by atoms with E-state index in [1.54, 1.807) is 18.2 Å². The number of aromatic amines is 1. The molecule has 3 rings (SSSR count). The van der Waals surface area contributed by atoms with Gasteiger partial charge in [-0.05, 0) is 50.0 Å². The molecule has 22 heavy (non-hydrogen) atoms. The van der Waals surface area contributed by atoms with Crippen molar-refractivity contribution in [2.75, 3.05) is 19.6 Å². The van der Waals surface area contributed by atoms with Crippen molar-refractivity contribution in [1.29, 1.82) is 0 Å². The van der Waals surface area contributed by atoms with Crippen LogP contribution in [-0.4, -0.2) is 34.5 Å². The van der Waals surface area contributed by atoms with Crippen molar-refractivity contribution in [3.63, 3.8) is 0 Å². The van der Waals surface area contributed by atoms with E-state index in [0.29, 0.717) is 34.2 Å². The molecule has 1 atom stereocenters. The zero-order chi connectivity index (χ0) is 14.8. The van der Waals surface area contributed by atoms with Crippen LogP contribution in [0.5, 0.6) is 0 Å². The molecule has 1 fully saturated rings. The molecule has 5 nitrogen and oxygen atoms in total. The number of hydrogen-bond donors (Lipinski definition) is 2. The number of H-pyrrole nitrogens is 1.